The average molecular weight is 354 g/mol. The first kappa shape index (κ1) is 17.8. The predicted octanol–water partition coefficient (Wildman–Crippen LogP) is 5.54. The van der Waals surface area contributed by atoms with Crippen LogP contribution in [0.4, 0.5) is 31.9 Å². The lowest BCUT2D eigenvalue weighted by atomic mass is 9.86. The minimum atomic E-state index is -0.915. The first-order valence-corrected chi connectivity index (χ1v) is 8.24. The highest BCUT2D eigenvalue weighted by atomic mass is 19.2. The largest absolute Gasteiger partial charge is 0.340 e. The summed E-state index contributed by atoms with van der Waals surface area (Å²) in [5.41, 5.74) is 2.43. The Labute approximate surface area is 151 Å². The number of para-hydroxylation sites is 1. The van der Waals surface area contributed by atoms with Crippen LogP contribution in [0.25, 0.3) is 0 Å². The number of nitrogens with one attached hydrogen (secondary N) is 2. The van der Waals surface area contributed by atoms with E-state index in [1.807, 2.05) is 18.2 Å². The molecule has 0 aliphatic carbocycles. The van der Waals surface area contributed by atoms with Crippen LogP contribution in [0.2, 0.25) is 0 Å². The Balaban J connectivity index is 1.83. The molecule has 1 heterocycles. The molecule has 0 spiro atoms. The topological polar surface area (TPSA) is 49.8 Å². The van der Waals surface area contributed by atoms with Crippen LogP contribution in [0.1, 0.15) is 26.3 Å². The van der Waals surface area contributed by atoms with Crippen molar-refractivity contribution in [3.8, 4) is 0 Å². The molecule has 0 unspecified atom stereocenters. The Morgan fingerprint density at radius 1 is 0.885 bits per heavy atom. The van der Waals surface area contributed by atoms with Crippen molar-refractivity contribution in [2.24, 2.45) is 0 Å². The van der Waals surface area contributed by atoms with E-state index in [2.05, 4.69) is 47.4 Å². The molecule has 2 aromatic carbocycles. The predicted molar refractivity (Wildman–Crippen MR) is 100 cm³/mol. The zero-order valence-electron chi connectivity index (χ0n) is 14.8. The van der Waals surface area contributed by atoms with Gasteiger partial charge in [-0.15, -0.1) is 0 Å². The van der Waals surface area contributed by atoms with Crippen LogP contribution < -0.4 is 10.6 Å². The van der Waals surface area contributed by atoms with Crippen molar-refractivity contribution in [1.82, 2.24) is 9.97 Å². The number of hydrogen-bond donors (Lipinski definition) is 2. The Bertz CT molecular complexity index is 920. The molecule has 0 bridgehead atoms. The van der Waals surface area contributed by atoms with Gasteiger partial charge in [0.15, 0.2) is 11.6 Å². The van der Waals surface area contributed by atoms with Gasteiger partial charge in [0, 0.05) is 23.6 Å². The summed E-state index contributed by atoms with van der Waals surface area (Å²) in [7, 11) is 0. The van der Waals surface area contributed by atoms with E-state index in [9.17, 15) is 8.78 Å². The first-order chi connectivity index (χ1) is 12.3. The highest BCUT2D eigenvalue weighted by molar-refractivity contribution is 5.62. The van der Waals surface area contributed by atoms with Gasteiger partial charge in [0.2, 0.25) is 5.95 Å². The minimum absolute atomic E-state index is 0.0366. The smallest absolute Gasteiger partial charge is 0.229 e. The van der Waals surface area contributed by atoms with Crippen molar-refractivity contribution in [2.75, 3.05) is 10.6 Å². The molecule has 4 nitrogen and oxygen atoms in total. The fraction of sp³-hybridized carbons (Fsp3) is 0.200. The first-order valence-electron chi connectivity index (χ1n) is 8.24. The summed E-state index contributed by atoms with van der Waals surface area (Å²) in [6.07, 6.45) is 1.59. The maximum atomic E-state index is 13.3. The van der Waals surface area contributed by atoms with E-state index in [1.165, 1.54) is 6.07 Å². The third-order valence-corrected chi connectivity index (χ3v) is 3.83. The number of nitrogens with zero attached hydrogens (tertiary/aromatic N) is 2. The van der Waals surface area contributed by atoms with Crippen LogP contribution in [0.5, 0.6) is 0 Å². The Morgan fingerprint density at radius 2 is 1.65 bits per heavy atom. The van der Waals surface area contributed by atoms with E-state index in [-0.39, 0.29) is 5.41 Å². The molecular weight excluding hydrogens is 334 g/mol. The van der Waals surface area contributed by atoms with Crippen molar-refractivity contribution in [3.63, 3.8) is 0 Å². The van der Waals surface area contributed by atoms with Crippen LogP contribution in [0.3, 0.4) is 0 Å². The summed E-state index contributed by atoms with van der Waals surface area (Å²) < 4.78 is 26.4. The van der Waals surface area contributed by atoms with Gasteiger partial charge in [-0.1, -0.05) is 39.0 Å². The van der Waals surface area contributed by atoms with Gasteiger partial charge < -0.3 is 10.6 Å². The number of benzene rings is 2. The maximum absolute atomic E-state index is 13.3. The second kappa shape index (κ2) is 7.07. The van der Waals surface area contributed by atoms with Crippen LogP contribution in [0.15, 0.2) is 54.7 Å². The Morgan fingerprint density at radius 3 is 2.38 bits per heavy atom. The Kier molecular flexibility index (Phi) is 4.84. The van der Waals surface area contributed by atoms with E-state index in [0.717, 1.165) is 23.4 Å². The summed E-state index contributed by atoms with van der Waals surface area (Å²) in [4.78, 5) is 8.62. The van der Waals surface area contributed by atoms with Gasteiger partial charge >= 0.3 is 0 Å². The molecule has 134 valence electrons. The lowest BCUT2D eigenvalue weighted by Gasteiger charge is -2.23. The van der Waals surface area contributed by atoms with Crippen molar-refractivity contribution < 1.29 is 8.78 Å². The number of rotatable bonds is 4. The molecule has 0 saturated heterocycles. The number of hydrogen-bond acceptors (Lipinski definition) is 4. The van der Waals surface area contributed by atoms with E-state index in [4.69, 9.17) is 0 Å². The molecule has 0 aliphatic rings. The van der Waals surface area contributed by atoms with E-state index < -0.39 is 11.6 Å². The van der Waals surface area contributed by atoms with E-state index >= 15 is 0 Å². The van der Waals surface area contributed by atoms with E-state index in [0.29, 0.717) is 17.5 Å². The van der Waals surface area contributed by atoms with Gasteiger partial charge in [-0.3, -0.25) is 0 Å². The maximum Gasteiger partial charge on any atom is 0.229 e. The molecule has 6 heteroatoms. The van der Waals surface area contributed by atoms with Gasteiger partial charge in [-0.2, -0.15) is 4.98 Å². The SMILES string of the molecule is CC(C)(C)c1ccccc1Nc1nccc(Nc2ccc(F)c(F)c2)n1. The lowest BCUT2D eigenvalue weighted by Crippen LogP contribution is -2.14. The highest BCUT2D eigenvalue weighted by Crippen LogP contribution is 2.30. The van der Waals surface area contributed by atoms with Gasteiger partial charge in [-0.05, 0) is 35.2 Å². The van der Waals surface area contributed by atoms with Crippen LogP contribution in [-0.4, -0.2) is 9.97 Å². The molecule has 0 saturated carbocycles. The van der Waals surface area contributed by atoms with Crippen molar-refractivity contribution in [2.45, 2.75) is 26.2 Å². The third-order valence-electron chi connectivity index (χ3n) is 3.83. The van der Waals surface area contributed by atoms with Gasteiger partial charge in [0.1, 0.15) is 5.82 Å². The molecule has 1 aromatic heterocycles. The summed E-state index contributed by atoms with van der Waals surface area (Å²) in [5, 5.41) is 6.17. The van der Waals surface area contributed by atoms with Gasteiger partial charge in [0.25, 0.3) is 0 Å². The molecule has 0 radical (unpaired) electrons. The third kappa shape index (κ3) is 4.14. The second-order valence-corrected chi connectivity index (χ2v) is 6.94. The molecule has 0 amide bonds. The van der Waals surface area contributed by atoms with Gasteiger partial charge in [-0.25, -0.2) is 13.8 Å². The summed E-state index contributed by atoms with van der Waals surface area (Å²) in [6.45, 7) is 6.40. The minimum Gasteiger partial charge on any atom is -0.340 e. The number of anilines is 4. The van der Waals surface area contributed by atoms with Crippen molar-refractivity contribution >= 4 is 23.1 Å². The summed E-state index contributed by atoms with van der Waals surface area (Å²) >= 11 is 0. The monoisotopic (exact) mass is 354 g/mol. The highest BCUT2D eigenvalue weighted by Gasteiger charge is 2.18. The fourth-order valence-corrected chi connectivity index (χ4v) is 2.58. The quantitative estimate of drug-likeness (QED) is 0.646. The molecule has 0 atom stereocenters. The number of aromatic nitrogens is 2. The van der Waals surface area contributed by atoms with Gasteiger partial charge in [0.05, 0.1) is 0 Å². The average Bonchev–Trinajstić information content (AvgIpc) is 2.58. The molecule has 3 rings (SSSR count). The van der Waals surface area contributed by atoms with Crippen LogP contribution in [-0.2, 0) is 5.41 Å². The standard InChI is InChI=1S/C20H20F2N4/c1-20(2,3)14-6-4-5-7-17(14)25-19-23-11-10-18(26-19)24-13-8-9-15(21)16(22)12-13/h4-12H,1-3H3,(H2,23,24,25,26). The summed E-state index contributed by atoms with van der Waals surface area (Å²) in [6, 6.07) is 13.2. The second-order valence-electron chi connectivity index (χ2n) is 6.94. The molecule has 0 fully saturated rings. The zero-order valence-corrected chi connectivity index (χ0v) is 14.8. The molecule has 0 aliphatic heterocycles. The summed E-state index contributed by atoms with van der Waals surface area (Å²) in [5.74, 6) is -0.920. The molecule has 2 N–H and O–H groups in total. The van der Waals surface area contributed by atoms with Crippen molar-refractivity contribution in [1.29, 1.82) is 0 Å². The van der Waals surface area contributed by atoms with E-state index in [1.54, 1.807) is 12.3 Å². The Hall–Kier alpha value is -3.02. The fourth-order valence-electron chi connectivity index (χ4n) is 2.58. The normalized spacial score (nSPS) is 11.3. The molecule has 3 aromatic rings. The van der Waals surface area contributed by atoms with Crippen LogP contribution >= 0.6 is 0 Å². The van der Waals surface area contributed by atoms with Crippen LogP contribution in [0, 0.1) is 11.6 Å². The zero-order chi connectivity index (χ0) is 18.7. The number of halogens is 2. The molecular formula is C20H20F2N4. The van der Waals surface area contributed by atoms with Crippen molar-refractivity contribution in [3.05, 3.63) is 71.9 Å². The lowest BCUT2D eigenvalue weighted by molar-refractivity contribution is 0.509. The molecule has 26 heavy (non-hydrogen) atoms.